The molecule has 1 aliphatic heterocycles. The van der Waals surface area contributed by atoms with Gasteiger partial charge in [0.15, 0.2) is 0 Å². The summed E-state index contributed by atoms with van der Waals surface area (Å²) in [5.41, 5.74) is 2.92. The number of rotatable bonds is 7. The fourth-order valence-corrected chi connectivity index (χ4v) is 5.96. The van der Waals surface area contributed by atoms with E-state index in [1.165, 1.54) is 4.31 Å². The Bertz CT molecular complexity index is 1130. The predicted molar refractivity (Wildman–Crippen MR) is 137 cm³/mol. The number of benzene rings is 2. The highest BCUT2D eigenvalue weighted by Gasteiger charge is 2.38. The molecule has 0 fully saturated rings. The maximum absolute atomic E-state index is 13.6. The van der Waals surface area contributed by atoms with Gasteiger partial charge in [0.1, 0.15) is 16.7 Å². The van der Waals surface area contributed by atoms with Gasteiger partial charge in [-0.05, 0) is 51.2 Å². The van der Waals surface area contributed by atoms with Gasteiger partial charge in [-0.25, -0.2) is 8.42 Å². The molecule has 0 bridgehead atoms. The van der Waals surface area contributed by atoms with E-state index in [1.54, 1.807) is 37.1 Å². The normalized spacial score (nSPS) is 20.9. The second-order valence-electron chi connectivity index (χ2n) is 9.78. The van der Waals surface area contributed by atoms with E-state index >= 15 is 0 Å². The van der Waals surface area contributed by atoms with E-state index in [9.17, 15) is 18.3 Å². The number of hydrogen-bond donors (Lipinski definition) is 1. The minimum atomic E-state index is -3.92. The quantitative estimate of drug-likeness (QED) is 0.624. The number of fused-ring (bicyclic) bond motifs is 1. The van der Waals surface area contributed by atoms with Crippen molar-refractivity contribution in [3.05, 3.63) is 48.0 Å². The van der Waals surface area contributed by atoms with Crippen LogP contribution in [-0.2, 0) is 14.8 Å². The molecule has 0 aliphatic carbocycles. The Morgan fingerprint density at radius 1 is 1.14 bits per heavy atom. The smallest absolute Gasteiger partial charge is 0.247 e. The van der Waals surface area contributed by atoms with Crippen LogP contribution in [0, 0.1) is 12.8 Å². The van der Waals surface area contributed by atoms with Gasteiger partial charge in [-0.15, -0.1) is 0 Å². The van der Waals surface area contributed by atoms with Crippen LogP contribution in [0.5, 0.6) is 5.75 Å². The van der Waals surface area contributed by atoms with Gasteiger partial charge in [0.2, 0.25) is 15.9 Å². The molecule has 3 rings (SSSR count). The molecule has 2 aromatic carbocycles. The van der Waals surface area contributed by atoms with Crippen molar-refractivity contribution < 1.29 is 23.1 Å². The third-order valence-corrected chi connectivity index (χ3v) is 8.40. The van der Waals surface area contributed by atoms with Crippen molar-refractivity contribution in [2.24, 2.45) is 5.92 Å². The maximum Gasteiger partial charge on any atom is 0.247 e. The van der Waals surface area contributed by atoms with Crippen molar-refractivity contribution in [2.75, 3.05) is 47.4 Å². The first-order valence-electron chi connectivity index (χ1n) is 11.8. The lowest BCUT2D eigenvalue weighted by atomic mass is 10.0. The SMILES string of the molecule is Cc1ccc(-c2ccc3c(c2)O[C@H](CN(C)C(=O)CN(C)C)[C@@H](C)CN([C@@H](C)CO)S3(=O)=O)cc1. The van der Waals surface area contributed by atoms with E-state index in [0.717, 1.165) is 16.7 Å². The van der Waals surface area contributed by atoms with E-state index < -0.39 is 22.2 Å². The molecule has 1 heterocycles. The summed E-state index contributed by atoms with van der Waals surface area (Å²) in [6, 6.07) is 12.5. The van der Waals surface area contributed by atoms with Crippen LogP contribution in [0.2, 0.25) is 0 Å². The number of aryl methyl sites for hydroxylation is 1. The van der Waals surface area contributed by atoms with Crippen LogP contribution in [0.4, 0.5) is 0 Å². The van der Waals surface area contributed by atoms with Gasteiger partial charge >= 0.3 is 0 Å². The summed E-state index contributed by atoms with van der Waals surface area (Å²) in [6.07, 6.45) is -0.443. The summed E-state index contributed by atoms with van der Waals surface area (Å²) in [5.74, 6) is -0.0255. The average Bonchev–Trinajstić information content (AvgIpc) is 2.80. The van der Waals surface area contributed by atoms with Gasteiger partial charge in [0.05, 0.1) is 19.7 Å². The summed E-state index contributed by atoms with van der Waals surface area (Å²) >= 11 is 0. The predicted octanol–water partition coefficient (Wildman–Crippen LogP) is 2.45. The van der Waals surface area contributed by atoms with E-state index in [2.05, 4.69) is 0 Å². The zero-order valence-corrected chi connectivity index (χ0v) is 22.2. The van der Waals surface area contributed by atoms with E-state index in [1.807, 2.05) is 57.1 Å². The van der Waals surface area contributed by atoms with Crippen molar-refractivity contribution in [1.29, 1.82) is 0 Å². The highest BCUT2D eigenvalue weighted by atomic mass is 32.2. The molecule has 1 aliphatic rings. The minimum Gasteiger partial charge on any atom is -0.487 e. The van der Waals surface area contributed by atoms with Crippen LogP contribution in [-0.4, -0.2) is 93.1 Å². The van der Waals surface area contributed by atoms with Crippen LogP contribution in [0.1, 0.15) is 19.4 Å². The average molecular weight is 504 g/mol. The van der Waals surface area contributed by atoms with Crippen LogP contribution < -0.4 is 4.74 Å². The molecule has 0 spiro atoms. The van der Waals surface area contributed by atoms with Gasteiger partial charge in [-0.2, -0.15) is 4.31 Å². The molecule has 35 heavy (non-hydrogen) atoms. The van der Waals surface area contributed by atoms with E-state index in [-0.39, 0.29) is 42.2 Å². The zero-order valence-electron chi connectivity index (χ0n) is 21.4. The fraction of sp³-hybridized carbons (Fsp3) is 0.500. The zero-order chi connectivity index (χ0) is 25.9. The summed E-state index contributed by atoms with van der Waals surface area (Å²) in [4.78, 5) is 16.1. The van der Waals surface area contributed by atoms with Crippen LogP contribution in [0.3, 0.4) is 0 Å². The number of carbonyl (C=O) groups excluding carboxylic acids is 1. The lowest BCUT2D eigenvalue weighted by Gasteiger charge is -2.37. The van der Waals surface area contributed by atoms with Gasteiger partial charge in [-0.3, -0.25) is 4.79 Å². The molecule has 0 saturated carbocycles. The number of ether oxygens (including phenoxy) is 1. The van der Waals surface area contributed by atoms with Gasteiger partial charge in [-0.1, -0.05) is 42.8 Å². The largest absolute Gasteiger partial charge is 0.487 e. The molecule has 3 atom stereocenters. The Morgan fingerprint density at radius 2 is 1.77 bits per heavy atom. The molecule has 192 valence electrons. The Kier molecular flexibility index (Phi) is 8.58. The van der Waals surface area contributed by atoms with Crippen molar-refractivity contribution in [1.82, 2.24) is 14.1 Å². The lowest BCUT2D eigenvalue weighted by Crippen LogP contribution is -2.50. The number of carbonyl (C=O) groups is 1. The number of aliphatic hydroxyl groups excluding tert-OH is 1. The summed E-state index contributed by atoms with van der Waals surface area (Å²) in [6.45, 7) is 6.07. The highest BCUT2D eigenvalue weighted by Crippen LogP contribution is 2.36. The van der Waals surface area contributed by atoms with Crippen molar-refractivity contribution in [3.8, 4) is 16.9 Å². The van der Waals surface area contributed by atoms with E-state index in [0.29, 0.717) is 6.54 Å². The Hall–Kier alpha value is -2.46. The fourth-order valence-electron chi connectivity index (χ4n) is 4.13. The summed E-state index contributed by atoms with van der Waals surface area (Å²) in [7, 11) is 1.49. The van der Waals surface area contributed by atoms with Crippen LogP contribution >= 0.6 is 0 Å². The topological polar surface area (TPSA) is 90.4 Å². The second kappa shape index (κ2) is 11.1. The molecular weight excluding hydrogens is 466 g/mol. The number of amides is 1. The number of nitrogens with zero attached hydrogens (tertiary/aromatic N) is 3. The molecule has 1 amide bonds. The first-order valence-corrected chi connectivity index (χ1v) is 13.3. The summed E-state index contributed by atoms with van der Waals surface area (Å²) in [5, 5.41) is 9.80. The molecule has 0 radical (unpaired) electrons. The Labute approximate surface area is 209 Å². The van der Waals surface area contributed by atoms with Gasteiger partial charge in [0.25, 0.3) is 0 Å². The molecular formula is C26H37N3O5S. The molecule has 0 saturated heterocycles. The lowest BCUT2D eigenvalue weighted by molar-refractivity contribution is -0.132. The minimum absolute atomic E-state index is 0.0466. The molecule has 0 aromatic heterocycles. The maximum atomic E-state index is 13.6. The Balaban J connectivity index is 2.06. The Morgan fingerprint density at radius 3 is 2.37 bits per heavy atom. The van der Waals surface area contributed by atoms with Crippen molar-refractivity contribution in [3.63, 3.8) is 0 Å². The molecule has 1 N–H and O–H groups in total. The van der Waals surface area contributed by atoms with Gasteiger partial charge in [0, 0.05) is 25.6 Å². The van der Waals surface area contributed by atoms with Crippen LogP contribution in [0.15, 0.2) is 47.4 Å². The molecule has 9 heteroatoms. The molecule has 0 unspecified atom stereocenters. The first kappa shape index (κ1) is 27.1. The molecule has 8 nitrogen and oxygen atoms in total. The number of aliphatic hydroxyl groups is 1. The van der Waals surface area contributed by atoms with Gasteiger partial charge < -0.3 is 19.6 Å². The number of sulfonamides is 1. The third kappa shape index (κ3) is 6.22. The first-order chi connectivity index (χ1) is 16.4. The standard InChI is InChI=1S/C26H37N3O5S/c1-18-7-9-21(10-8-18)22-11-12-25-23(13-22)34-24(15-28(6)26(31)16-27(4)5)19(2)14-29(20(3)17-30)35(25,32)33/h7-13,19-20,24,30H,14-17H2,1-6H3/t19-,20-,24+/m0/s1. The van der Waals surface area contributed by atoms with Crippen molar-refractivity contribution in [2.45, 2.75) is 37.8 Å². The molecule has 2 aromatic rings. The monoisotopic (exact) mass is 503 g/mol. The van der Waals surface area contributed by atoms with E-state index in [4.69, 9.17) is 4.74 Å². The number of likely N-dealkylation sites (N-methyl/N-ethyl adjacent to an activating group) is 2. The number of hydrogen-bond acceptors (Lipinski definition) is 6. The third-order valence-electron chi connectivity index (χ3n) is 6.38. The summed E-state index contributed by atoms with van der Waals surface area (Å²) < 4.78 is 35.0. The second-order valence-corrected chi connectivity index (χ2v) is 11.6. The highest BCUT2D eigenvalue weighted by molar-refractivity contribution is 7.89. The van der Waals surface area contributed by atoms with Crippen LogP contribution in [0.25, 0.3) is 11.1 Å². The van der Waals surface area contributed by atoms with Crippen molar-refractivity contribution >= 4 is 15.9 Å².